The third kappa shape index (κ3) is 4.21. The summed E-state index contributed by atoms with van der Waals surface area (Å²) in [5.41, 5.74) is 5.88. The van der Waals surface area contributed by atoms with Crippen LogP contribution >= 0.6 is 0 Å². The Morgan fingerprint density at radius 1 is 1.04 bits per heavy atom. The number of aryl methyl sites for hydroxylation is 2. The molecule has 28 heavy (non-hydrogen) atoms. The van der Waals surface area contributed by atoms with Crippen molar-refractivity contribution in [2.45, 2.75) is 26.2 Å². The van der Waals surface area contributed by atoms with E-state index in [2.05, 4.69) is 58.2 Å². The highest BCUT2D eigenvalue weighted by molar-refractivity contribution is 5.84. The number of aromatic amines is 1. The second-order valence-corrected chi connectivity index (χ2v) is 7.81. The predicted molar refractivity (Wildman–Crippen MR) is 116 cm³/mol. The standard InChI is InChI=1S/C24H28N4/c1-19-5-4-7-22(15-19)28-13-11-27(12-14-28)10-3-2-6-21-18-26-24-9-8-20(17-25)16-23(21)24/h4-5,7-9,15-16,18,26H,2-3,6,10-14H2,1H3. The molecule has 0 spiro atoms. The molecule has 0 atom stereocenters. The van der Waals surface area contributed by atoms with E-state index < -0.39 is 0 Å². The number of hydrogen-bond donors (Lipinski definition) is 1. The van der Waals surface area contributed by atoms with Crippen molar-refractivity contribution in [1.29, 1.82) is 5.26 Å². The van der Waals surface area contributed by atoms with E-state index in [1.54, 1.807) is 0 Å². The monoisotopic (exact) mass is 372 g/mol. The average molecular weight is 373 g/mol. The van der Waals surface area contributed by atoms with Crippen LogP contribution in [0.3, 0.4) is 0 Å². The normalized spacial score (nSPS) is 15.1. The summed E-state index contributed by atoms with van der Waals surface area (Å²) < 4.78 is 0. The minimum atomic E-state index is 0.736. The number of nitrogens with zero attached hydrogens (tertiary/aromatic N) is 3. The van der Waals surface area contributed by atoms with E-state index in [1.807, 2.05) is 18.2 Å². The Morgan fingerprint density at radius 2 is 1.89 bits per heavy atom. The van der Waals surface area contributed by atoms with Gasteiger partial charge in [-0.3, -0.25) is 4.90 Å². The molecular formula is C24H28N4. The minimum absolute atomic E-state index is 0.736. The lowest BCUT2D eigenvalue weighted by atomic mass is 10.1. The van der Waals surface area contributed by atoms with Crippen LogP contribution in [0.25, 0.3) is 10.9 Å². The minimum Gasteiger partial charge on any atom is -0.369 e. The summed E-state index contributed by atoms with van der Waals surface area (Å²) >= 11 is 0. The largest absolute Gasteiger partial charge is 0.369 e. The highest BCUT2D eigenvalue weighted by atomic mass is 15.3. The Balaban J connectivity index is 1.23. The second kappa shape index (κ2) is 8.50. The third-order valence-electron chi connectivity index (χ3n) is 5.81. The summed E-state index contributed by atoms with van der Waals surface area (Å²) in [6, 6.07) is 17.0. The van der Waals surface area contributed by atoms with Gasteiger partial charge in [-0.2, -0.15) is 5.26 Å². The Bertz CT molecular complexity index is 974. The summed E-state index contributed by atoms with van der Waals surface area (Å²) in [4.78, 5) is 8.42. The first kappa shape index (κ1) is 18.6. The van der Waals surface area contributed by atoms with Crippen LogP contribution in [0.5, 0.6) is 0 Å². The van der Waals surface area contributed by atoms with Gasteiger partial charge in [-0.05, 0) is 74.2 Å². The number of unbranched alkanes of at least 4 members (excludes halogenated alkanes) is 1. The molecule has 1 aliphatic heterocycles. The van der Waals surface area contributed by atoms with Crippen LogP contribution in [-0.4, -0.2) is 42.6 Å². The molecule has 1 fully saturated rings. The zero-order valence-electron chi connectivity index (χ0n) is 16.6. The Hall–Kier alpha value is -2.77. The maximum Gasteiger partial charge on any atom is 0.0991 e. The van der Waals surface area contributed by atoms with Gasteiger partial charge in [0.2, 0.25) is 0 Å². The first-order chi connectivity index (χ1) is 13.7. The molecule has 1 N–H and O–H groups in total. The molecule has 1 aromatic heterocycles. The van der Waals surface area contributed by atoms with Gasteiger partial charge in [-0.1, -0.05) is 12.1 Å². The molecule has 1 saturated heterocycles. The van der Waals surface area contributed by atoms with Gasteiger partial charge in [-0.25, -0.2) is 0 Å². The number of piperazine rings is 1. The lowest BCUT2D eigenvalue weighted by molar-refractivity contribution is 0.253. The van der Waals surface area contributed by atoms with Crippen molar-refractivity contribution in [3.05, 3.63) is 65.4 Å². The number of fused-ring (bicyclic) bond motifs is 1. The van der Waals surface area contributed by atoms with E-state index in [1.165, 1.54) is 41.6 Å². The highest BCUT2D eigenvalue weighted by Gasteiger charge is 2.16. The lowest BCUT2D eigenvalue weighted by Crippen LogP contribution is -2.46. The molecule has 1 aliphatic rings. The Labute approximate surface area is 167 Å². The van der Waals surface area contributed by atoms with Gasteiger partial charge in [0.25, 0.3) is 0 Å². The highest BCUT2D eigenvalue weighted by Crippen LogP contribution is 2.22. The van der Waals surface area contributed by atoms with Crippen LogP contribution in [0.1, 0.15) is 29.5 Å². The number of nitrogens with one attached hydrogen (secondary N) is 1. The van der Waals surface area contributed by atoms with Crippen molar-refractivity contribution in [1.82, 2.24) is 9.88 Å². The van der Waals surface area contributed by atoms with E-state index in [0.29, 0.717) is 0 Å². The van der Waals surface area contributed by atoms with E-state index in [9.17, 15) is 0 Å². The van der Waals surface area contributed by atoms with Crippen molar-refractivity contribution in [3.8, 4) is 6.07 Å². The molecule has 0 unspecified atom stereocenters. The molecule has 4 heteroatoms. The number of nitriles is 1. The first-order valence-corrected chi connectivity index (χ1v) is 10.3. The van der Waals surface area contributed by atoms with E-state index in [0.717, 1.165) is 43.7 Å². The number of rotatable bonds is 6. The fourth-order valence-corrected chi connectivity index (χ4v) is 4.16. The van der Waals surface area contributed by atoms with Crippen LogP contribution in [0.4, 0.5) is 5.69 Å². The zero-order chi connectivity index (χ0) is 19.3. The molecule has 0 bridgehead atoms. The van der Waals surface area contributed by atoms with Crippen LogP contribution in [-0.2, 0) is 6.42 Å². The van der Waals surface area contributed by atoms with Gasteiger partial charge in [0.1, 0.15) is 0 Å². The van der Waals surface area contributed by atoms with Gasteiger partial charge in [0, 0.05) is 49.0 Å². The van der Waals surface area contributed by atoms with Gasteiger partial charge in [-0.15, -0.1) is 0 Å². The van der Waals surface area contributed by atoms with Gasteiger partial charge in [0.15, 0.2) is 0 Å². The van der Waals surface area contributed by atoms with Crippen molar-refractivity contribution in [3.63, 3.8) is 0 Å². The molecule has 2 heterocycles. The maximum absolute atomic E-state index is 9.12. The summed E-state index contributed by atoms with van der Waals surface area (Å²) in [5, 5.41) is 10.3. The molecule has 4 rings (SSSR count). The van der Waals surface area contributed by atoms with E-state index >= 15 is 0 Å². The molecule has 4 nitrogen and oxygen atoms in total. The van der Waals surface area contributed by atoms with Crippen molar-refractivity contribution >= 4 is 16.6 Å². The Morgan fingerprint density at radius 3 is 2.68 bits per heavy atom. The summed E-state index contributed by atoms with van der Waals surface area (Å²) in [7, 11) is 0. The van der Waals surface area contributed by atoms with Crippen LogP contribution in [0.15, 0.2) is 48.7 Å². The maximum atomic E-state index is 9.12. The number of H-pyrrole nitrogens is 1. The quantitative estimate of drug-likeness (QED) is 0.648. The predicted octanol–water partition coefficient (Wildman–Crippen LogP) is 4.49. The van der Waals surface area contributed by atoms with Gasteiger partial charge in [0.05, 0.1) is 11.6 Å². The molecule has 0 aliphatic carbocycles. The Kier molecular flexibility index (Phi) is 5.64. The zero-order valence-corrected chi connectivity index (χ0v) is 16.6. The average Bonchev–Trinajstić information content (AvgIpc) is 3.14. The topological polar surface area (TPSA) is 46.1 Å². The van der Waals surface area contributed by atoms with Crippen LogP contribution in [0, 0.1) is 18.3 Å². The second-order valence-electron chi connectivity index (χ2n) is 7.81. The van der Waals surface area contributed by atoms with E-state index in [-0.39, 0.29) is 0 Å². The van der Waals surface area contributed by atoms with Gasteiger partial charge >= 0.3 is 0 Å². The molecule has 3 aromatic rings. The molecule has 0 amide bonds. The number of hydrogen-bond acceptors (Lipinski definition) is 3. The van der Waals surface area contributed by atoms with Crippen LogP contribution < -0.4 is 4.90 Å². The molecule has 0 radical (unpaired) electrons. The SMILES string of the molecule is Cc1cccc(N2CCN(CCCCc3c[nH]c4ccc(C#N)cc34)CC2)c1. The smallest absolute Gasteiger partial charge is 0.0991 e. The van der Waals surface area contributed by atoms with Gasteiger partial charge < -0.3 is 9.88 Å². The molecule has 144 valence electrons. The lowest BCUT2D eigenvalue weighted by Gasteiger charge is -2.36. The summed E-state index contributed by atoms with van der Waals surface area (Å²) in [6.45, 7) is 7.85. The molecular weight excluding hydrogens is 344 g/mol. The van der Waals surface area contributed by atoms with Crippen molar-refractivity contribution < 1.29 is 0 Å². The number of aromatic nitrogens is 1. The van der Waals surface area contributed by atoms with Crippen LogP contribution in [0.2, 0.25) is 0 Å². The fraction of sp³-hybridized carbons (Fsp3) is 0.375. The summed E-state index contributed by atoms with van der Waals surface area (Å²) in [6.07, 6.45) is 5.57. The molecule has 2 aromatic carbocycles. The molecule has 0 saturated carbocycles. The number of benzene rings is 2. The number of anilines is 1. The van der Waals surface area contributed by atoms with E-state index in [4.69, 9.17) is 5.26 Å². The third-order valence-corrected chi connectivity index (χ3v) is 5.81. The first-order valence-electron chi connectivity index (χ1n) is 10.3. The summed E-state index contributed by atoms with van der Waals surface area (Å²) in [5.74, 6) is 0. The van der Waals surface area contributed by atoms with Crippen molar-refractivity contribution in [2.24, 2.45) is 0 Å². The van der Waals surface area contributed by atoms with Crippen molar-refractivity contribution in [2.75, 3.05) is 37.6 Å². The fourth-order valence-electron chi connectivity index (χ4n) is 4.16.